The lowest BCUT2D eigenvalue weighted by molar-refractivity contribution is 0.144. The Labute approximate surface area is 135 Å². The van der Waals surface area contributed by atoms with Crippen LogP contribution in [0.25, 0.3) is 21.9 Å². The second kappa shape index (κ2) is 5.97. The molecule has 0 atom stereocenters. The van der Waals surface area contributed by atoms with Gasteiger partial charge in [0.05, 0.1) is 17.2 Å². The third kappa shape index (κ3) is 2.75. The van der Waals surface area contributed by atoms with Gasteiger partial charge in [-0.2, -0.15) is 5.26 Å². The van der Waals surface area contributed by atoms with Crippen LogP contribution in [-0.4, -0.2) is 11.3 Å². The van der Waals surface area contributed by atoms with E-state index in [0.717, 1.165) is 12.1 Å². The molecular weight excluding hydrogens is 316 g/mol. The second-order valence-corrected chi connectivity index (χ2v) is 4.98. The molecule has 0 spiro atoms. The summed E-state index contributed by atoms with van der Waals surface area (Å²) in [7, 11) is 0. The standard InChI is InChI=1S/C18H9F2NO3/c19-15-6-10(9-21)7-16(20)17(15)13-3-1-2-11-4-5-12(8-14(11)13)24-18(22)23/h1-8H,(H,22,23). The van der Waals surface area contributed by atoms with Gasteiger partial charge in [-0.1, -0.05) is 24.3 Å². The molecule has 0 saturated carbocycles. The quantitative estimate of drug-likeness (QED) is 0.547. The molecule has 0 aromatic heterocycles. The molecule has 0 amide bonds. The number of hydrogen-bond donors (Lipinski definition) is 1. The van der Waals surface area contributed by atoms with Crippen molar-refractivity contribution < 1.29 is 23.4 Å². The minimum Gasteiger partial charge on any atom is -0.449 e. The minimum atomic E-state index is -1.48. The van der Waals surface area contributed by atoms with Gasteiger partial charge in [0.15, 0.2) is 0 Å². The Balaban J connectivity index is 2.27. The van der Waals surface area contributed by atoms with Gasteiger partial charge < -0.3 is 9.84 Å². The first-order chi connectivity index (χ1) is 11.5. The SMILES string of the molecule is N#Cc1cc(F)c(-c2cccc3ccc(OC(=O)O)cc23)c(F)c1. The summed E-state index contributed by atoms with van der Waals surface area (Å²) in [5.74, 6) is -1.70. The topological polar surface area (TPSA) is 70.3 Å². The lowest BCUT2D eigenvalue weighted by Crippen LogP contribution is -2.02. The molecule has 3 aromatic carbocycles. The molecule has 0 radical (unpaired) electrons. The van der Waals surface area contributed by atoms with E-state index >= 15 is 0 Å². The first kappa shape index (κ1) is 15.4. The highest BCUT2D eigenvalue weighted by atomic mass is 19.1. The Bertz CT molecular complexity index is 986. The molecule has 4 nitrogen and oxygen atoms in total. The van der Waals surface area contributed by atoms with Crippen LogP contribution >= 0.6 is 0 Å². The number of benzene rings is 3. The van der Waals surface area contributed by atoms with Crippen LogP contribution in [0.5, 0.6) is 5.75 Å². The zero-order chi connectivity index (χ0) is 17.3. The van der Waals surface area contributed by atoms with Gasteiger partial charge in [-0.05, 0) is 40.6 Å². The summed E-state index contributed by atoms with van der Waals surface area (Å²) >= 11 is 0. The van der Waals surface area contributed by atoms with Gasteiger partial charge in [-0.25, -0.2) is 13.6 Å². The van der Waals surface area contributed by atoms with Crippen LogP contribution in [0.4, 0.5) is 13.6 Å². The zero-order valence-electron chi connectivity index (χ0n) is 12.1. The predicted molar refractivity (Wildman–Crippen MR) is 82.7 cm³/mol. The van der Waals surface area contributed by atoms with Gasteiger partial charge in [0.1, 0.15) is 17.4 Å². The van der Waals surface area contributed by atoms with E-state index in [1.807, 2.05) is 0 Å². The fourth-order valence-electron chi connectivity index (χ4n) is 2.53. The van der Waals surface area contributed by atoms with E-state index in [1.165, 1.54) is 18.2 Å². The summed E-state index contributed by atoms with van der Waals surface area (Å²) < 4.78 is 33.2. The molecule has 118 valence electrons. The molecular formula is C18H9F2NO3. The van der Waals surface area contributed by atoms with Crippen LogP contribution in [0.15, 0.2) is 48.5 Å². The molecule has 24 heavy (non-hydrogen) atoms. The summed E-state index contributed by atoms with van der Waals surface area (Å²) in [5.41, 5.74) is -0.168. The fraction of sp³-hybridized carbons (Fsp3) is 0. The van der Waals surface area contributed by atoms with Gasteiger partial charge in [-0.3, -0.25) is 0 Å². The van der Waals surface area contributed by atoms with Crippen molar-refractivity contribution in [2.75, 3.05) is 0 Å². The number of fused-ring (bicyclic) bond motifs is 1. The van der Waals surface area contributed by atoms with E-state index in [9.17, 15) is 13.6 Å². The van der Waals surface area contributed by atoms with E-state index in [1.54, 1.807) is 24.3 Å². The van der Waals surface area contributed by atoms with E-state index < -0.39 is 17.8 Å². The molecule has 0 bridgehead atoms. The number of carboxylic acid groups (broad SMARTS) is 1. The Morgan fingerprint density at radius 2 is 1.79 bits per heavy atom. The molecule has 6 heteroatoms. The summed E-state index contributed by atoms with van der Waals surface area (Å²) in [4.78, 5) is 10.7. The maximum atomic E-state index is 14.3. The molecule has 0 fully saturated rings. The Morgan fingerprint density at radius 1 is 1.08 bits per heavy atom. The third-order valence-corrected chi connectivity index (χ3v) is 3.50. The smallest absolute Gasteiger partial charge is 0.449 e. The molecule has 3 aromatic rings. The number of halogens is 2. The van der Waals surface area contributed by atoms with Crippen LogP contribution < -0.4 is 4.74 Å². The first-order valence-corrected chi connectivity index (χ1v) is 6.82. The molecule has 0 aliphatic heterocycles. The van der Waals surface area contributed by atoms with Crippen LogP contribution in [0.2, 0.25) is 0 Å². The molecule has 0 saturated heterocycles. The van der Waals surface area contributed by atoms with E-state index in [-0.39, 0.29) is 22.4 Å². The van der Waals surface area contributed by atoms with Crippen molar-refractivity contribution in [3.05, 3.63) is 65.7 Å². The highest BCUT2D eigenvalue weighted by Crippen LogP contribution is 2.34. The van der Waals surface area contributed by atoms with E-state index in [4.69, 9.17) is 10.4 Å². The van der Waals surface area contributed by atoms with E-state index in [0.29, 0.717) is 10.8 Å². The first-order valence-electron chi connectivity index (χ1n) is 6.82. The van der Waals surface area contributed by atoms with E-state index in [2.05, 4.69) is 4.74 Å². The average molecular weight is 325 g/mol. The summed E-state index contributed by atoms with van der Waals surface area (Å²) in [6.45, 7) is 0. The summed E-state index contributed by atoms with van der Waals surface area (Å²) in [6, 6.07) is 12.9. The van der Waals surface area contributed by atoms with Gasteiger partial charge in [0.25, 0.3) is 0 Å². The largest absolute Gasteiger partial charge is 0.511 e. The molecule has 1 N–H and O–H groups in total. The number of nitrogens with zero attached hydrogens (tertiary/aromatic N) is 1. The Hall–Kier alpha value is -3.46. The molecule has 0 aliphatic rings. The zero-order valence-corrected chi connectivity index (χ0v) is 12.1. The molecule has 3 rings (SSSR count). The number of ether oxygens (including phenoxy) is 1. The highest BCUT2D eigenvalue weighted by molar-refractivity contribution is 5.98. The van der Waals surface area contributed by atoms with Crippen molar-refractivity contribution in [3.8, 4) is 22.9 Å². The monoisotopic (exact) mass is 325 g/mol. The molecule has 0 aliphatic carbocycles. The lowest BCUT2D eigenvalue weighted by atomic mass is 9.96. The van der Waals surface area contributed by atoms with Crippen molar-refractivity contribution in [3.63, 3.8) is 0 Å². The Kier molecular flexibility index (Phi) is 3.84. The number of rotatable bonds is 2. The Morgan fingerprint density at radius 3 is 2.42 bits per heavy atom. The minimum absolute atomic E-state index is 0.0388. The lowest BCUT2D eigenvalue weighted by Gasteiger charge is -2.11. The van der Waals surface area contributed by atoms with Crippen LogP contribution in [0.1, 0.15) is 5.56 Å². The van der Waals surface area contributed by atoms with Crippen molar-refractivity contribution in [2.45, 2.75) is 0 Å². The number of hydrogen-bond acceptors (Lipinski definition) is 3. The molecule has 0 heterocycles. The van der Waals surface area contributed by atoms with Crippen LogP contribution in [0.3, 0.4) is 0 Å². The second-order valence-electron chi connectivity index (χ2n) is 4.98. The van der Waals surface area contributed by atoms with Gasteiger partial charge in [0, 0.05) is 0 Å². The third-order valence-electron chi connectivity index (χ3n) is 3.50. The van der Waals surface area contributed by atoms with Gasteiger partial charge in [0.2, 0.25) is 0 Å². The van der Waals surface area contributed by atoms with Crippen molar-refractivity contribution in [1.82, 2.24) is 0 Å². The fourth-order valence-corrected chi connectivity index (χ4v) is 2.53. The van der Waals surface area contributed by atoms with Gasteiger partial charge >= 0.3 is 6.16 Å². The van der Waals surface area contributed by atoms with Crippen LogP contribution in [0, 0.1) is 23.0 Å². The van der Waals surface area contributed by atoms with Crippen molar-refractivity contribution >= 4 is 16.9 Å². The summed E-state index contributed by atoms with van der Waals surface area (Å²) in [5, 5.41) is 18.6. The molecule has 0 unspecified atom stereocenters. The summed E-state index contributed by atoms with van der Waals surface area (Å²) in [6.07, 6.45) is -1.48. The average Bonchev–Trinajstić information content (AvgIpc) is 2.53. The number of carbonyl (C=O) groups is 1. The van der Waals surface area contributed by atoms with Gasteiger partial charge in [-0.15, -0.1) is 0 Å². The predicted octanol–water partition coefficient (Wildman–Crippen LogP) is 4.71. The van der Waals surface area contributed by atoms with Crippen molar-refractivity contribution in [1.29, 1.82) is 5.26 Å². The maximum Gasteiger partial charge on any atom is 0.511 e. The van der Waals surface area contributed by atoms with Crippen molar-refractivity contribution in [2.24, 2.45) is 0 Å². The highest BCUT2D eigenvalue weighted by Gasteiger charge is 2.16. The van der Waals surface area contributed by atoms with Crippen LogP contribution in [-0.2, 0) is 0 Å². The maximum absolute atomic E-state index is 14.3. The number of nitriles is 1. The normalized spacial score (nSPS) is 10.4.